The van der Waals surface area contributed by atoms with E-state index in [0.29, 0.717) is 6.61 Å². The molecule has 0 aliphatic heterocycles. The molecule has 1 aromatic heterocycles. The molecule has 0 amide bonds. The van der Waals surface area contributed by atoms with Crippen molar-refractivity contribution in [2.24, 2.45) is 0 Å². The fraction of sp³-hybridized carbons (Fsp3) is 0.417. The van der Waals surface area contributed by atoms with E-state index in [1.165, 1.54) is 0 Å². The third-order valence-electron chi connectivity index (χ3n) is 2.78. The number of tetrazole rings is 1. The number of hydrogen-bond donors (Lipinski definition) is 1. The molecule has 0 aliphatic carbocycles. The Morgan fingerprint density at radius 2 is 2.20 bits per heavy atom. The van der Waals surface area contributed by atoms with Gasteiger partial charge in [-0.2, -0.15) is 4.68 Å². The van der Waals surface area contributed by atoms with Gasteiger partial charge in [0.05, 0.1) is 18.3 Å². The summed E-state index contributed by atoms with van der Waals surface area (Å²) in [5.74, 6) is 0.754. The molecule has 0 fully saturated rings. The maximum Gasteiger partial charge on any atom is 0.173 e. The summed E-state index contributed by atoms with van der Waals surface area (Å²) < 4.78 is 8.66. The van der Waals surface area contributed by atoms with Crippen LogP contribution in [0.15, 0.2) is 27.1 Å². The molecule has 0 aliphatic rings. The first kappa shape index (κ1) is 15.6. The standard InChI is InChI=1S/C12H15Br2N5O/c1-8(15-5-6-20-2)12-16-17-18-19(12)11-4-3-9(13)7-10(11)14/h3-4,7-8,15H,5-6H2,1-2H3. The Morgan fingerprint density at radius 1 is 1.40 bits per heavy atom. The molecule has 8 heteroatoms. The summed E-state index contributed by atoms with van der Waals surface area (Å²) in [5.41, 5.74) is 0.897. The van der Waals surface area contributed by atoms with Gasteiger partial charge in [0.25, 0.3) is 0 Å². The fourth-order valence-corrected chi connectivity index (χ4v) is 2.97. The number of hydrogen-bond acceptors (Lipinski definition) is 5. The lowest BCUT2D eigenvalue weighted by molar-refractivity contribution is 0.196. The Morgan fingerprint density at radius 3 is 2.90 bits per heavy atom. The quantitative estimate of drug-likeness (QED) is 0.749. The molecule has 108 valence electrons. The third-order valence-corrected chi connectivity index (χ3v) is 3.90. The van der Waals surface area contributed by atoms with Crippen molar-refractivity contribution in [2.75, 3.05) is 20.3 Å². The van der Waals surface area contributed by atoms with Crippen LogP contribution in [0.4, 0.5) is 0 Å². The van der Waals surface area contributed by atoms with Crippen LogP contribution in [0.25, 0.3) is 5.69 Å². The maximum atomic E-state index is 5.02. The second-order valence-corrected chi connectivity index (χ2v) is 5.98. The van der Waals surface area contributed by atoms with Crippen LogP contribution in [0.1, 0.15) is 18.8 Å². The molecule has 1 aromatic carbocycles. The molecule has 2 aromatic rings. The van der Waals surface area contributed by atoms with Crippen molar-refractivity contribution in [3.05, 3.63) is 33.0 Å². The predicted octanol–water partition coefficient (Wildman–Crippen LogP) is 2.48. The summed E-state index contributed by atoms with van der Waals surface area (Å²) in [5, 5.41) is 15.3. The van der Waals surface area contributed by atoms with E-state index in [2.05, 4.69) is 52.7 Å². The van der Waals surface area contributed by atoms with Crippen LogP contribution in [0.2, 0.25) is 0 Å². The number of rotatable bonds is 6. The first-order valence-electron chi connectivity index (χ1n) is 6.09. The third kappa shape index (κ3) is 3.63. The number of ether oxygens (including phenoxy) is 1. The predicted molar refractivity (Wildman–Crippen MR) is 82.8 cm³/mol. The Labute approximate surface area is 134 Å². The van der Waals surface area contributed by atoms with E-state index in [0.717, 1.165) is 27.0 Å². The van der Waals surface area contributed by atoms with Crippen molar-refractivity contribution in [1.29, 1.82) is 0 Å². The summed E-state index contributed by atoms with van der Waals surface area (Å²) in [6.45, 7) is 3.41. The van der Waals surface area contributed by atoms with E-state index >= 15 is 0 Å². The number of aromatic nitrogens is 4. The van der Waals surface area contributed by atoms with Crippen molar-refractivity contribution in [3.8, 4) is 5.69 Å². The topological polar surface area (TPSA) is 64.9 Å². The van der Waals surface area contributed by atoms with Crippen molar-refractivity contribution in [1.82, 2.24) is 25.5 Å². The van der Waals surface area contributed by atoms with Gasteiger partial charge < -0.3 is 10.1 Å². The minimum absolute atomic E-state index is 0.0238. The second-order valence-electron chi connectivity index (χ2n) is 4.21. The lowest BCUT2D eigenvalue weighted by Crippen LogP contribution is -2.25. The van der Waals surface area contributed by atoms with Crippen molar-refractivity contribution < 1.29 is 4.74 Å². The van der Waals surface area contributed by atoms with Gasteiger partial charge in [0.1, 0.15) is 0 Å². The molecule has 0 spiro atoms. The molecule has 0 saturated heterocycles. The van der Waals surface area contributed by atoms with Gasteiger partial charge in [-0.25, -0.2) is 0 Å². The average molecular weight is 405 g/mol. The van der Waals surface area contributed by atoms with E-state index in [1.54, 1.807) is 11.8 Å². The smallest absolute Gasteiger partial charge is 0.173 e. The first-order valence-corrected chi connectivity index (χ1v) is 7.68. The molecule has 1 N–H and O–H groups in total. The van der Waals surface area contributed by atoms with Gasteiger partial charge in [0, 0.05) is 22.6 Å². The highest BCUT2D eigenvalue weighted by molar-refractivity contribution is 9.11. The number of methoxy groups -OCH3 is 1. The zero-order valence-corrected chi connectivity index (χ0v) is 14.3. The zero-order valence-electron chi connectivity index (χ0n) is 11.2. The lowest BCUT2D eigenvalue weighted by Gasteiger charge is -2.14. The Hall–Kier alpha value is -0.830. The summed E-state index contributed by atoms with van der Waals surface area (Å²) in [6.07, 6.45) is 0. The van der Waals surface area contributed by atoms with Gasteiger partial charge in [-0.1, -0.05) is 15.9 Å². The van der Waals surface area contributed by atoms with E-state index in [-0.39, 0.29) is 6.04 Å². The largest absolute Gasteiger partial charge is 0.383 e. The van der Waals surface area contributed by atoms with E-state index < -0.39 is 0 Å². The van der Waals surface area contributed by atoms with Gasteiger partial charge >= 0.3 is 0 Å². The van der Waals surface area contributed by atoms with Gasteiger partial charge in [0.2, 0.25) is 0 Å². The Kier molecular flexibility index (Phi) is 5.64. The van der Waals surface area contributed by atoms with Crippen LogP contribution in [0.3, 0.4) is 0 Å². The van der Waals surface area contributed by atoms with Gasteiger partial charge in [-0.15, -0.1) is 5.10 Å². The highest BCUT2D eigenvalue weighted by Gasteiger charge is 2.16. The number of nitrogens with zero attached hydrogens (tertiary/aromatic N) is 4. The molecule has 20 heavy (non-hydrogen) atoms. The molecule has 1 unspecified atom stereocenters. The van der Waals surface area contributed by atoms with Crippen molar-refractivity contribution in [3.63, 3.8) is 0 Å². The summed E-state index contributed by atoms with van der Waals surface area (Å²) >= 11 is 6.96. The SMILES string of the molecule is COCCNC(C)c1nnnn1-c1ccc(Br)cc1Br. The van der Waals surface area contributed by atoms with Crippen molar-refractivity contribution in [2.45, 2.75) is 13.0 Å². The lowest BCUT2D eigenvalue weighted by atomic mass is 10.3. The van der Waals surface area contributed by atoms with Crippen molar-refractivity contribution >= 4 is 31.9 Å². The minimum atomic E-state index is 0.0238. The molecule has 1 atom stereocenters. The van der Waals surface area contributed by atoms with Crippen LogP contribution in [0.5, 0.6) is 0 Å². The van der Waals surface area contributed by atoms with Gasteiger partial charge in [-0.05, 0) is 51.5 Å². The molecule has 6 nitrogen and oxygen atoms in total. The van der Waals surface area contributed by atoms with E-state index in [4.69, 9.17) is 4.74 Å². The number of benzene rings is 1. The summed E-state index contributed by atoms with van der Waals surface area (Å²) in [7, 11) is 1.68. The number of nitrogens with one attached hydrogen (secondary N) is 1. The summed E-state index contributed by atoms with van der Waals surface area (Å²) in [4.78, 5) is 0. The van der Waals surface area contributed by atoms with Crippen LogP contribution >= 0.6 is 31.9 Å². The van der Waals surface area contributed by atoms with Gasteiger partial charge in [0.15, 0.2) is 5.82 Å². The maximum absolute atomic E-state index is 5.02. The number of halogens is 2. The van der Waals surface area contributed by atoms with E-state index in [9.17, 15) is 0 Å². The molecule has 0 radical (unpaired) electrons. The zero-order chi connectivity index (χ0) is 14.5. The molecule has 1 heterocycles. The Balaban J connectivity index is 2.23. The fourth-order valence-electron chi connectivity index (χ4n) is 1.76. The molecule has 0 bridgehead atoms. The minimum Gasteiger partial charge on any atom is -0.383 e. The van der Waals surface area contributed by atoms with E-state index in [1.807, 2.05) is 25.1 Å². The van der Waals surface area contributed by atoms with Crippen LogP contribution in [-0.4, -0.2) is 40.5 Å². The monoisotopic (exact) mass is 403 g/mol. The average Bonchev–Trinajstić information content (AvgIpc) is 2.88. The van der Waals surface area contributed by atoms with Crippen LogP contribution in [-0.2, 0) is 4.74 Å². The summed E-state index contributed by atoms with van der Waals surface area (Å²) in [6, 6.07) is 5.89. The first-order chi connectivity index (χ1) is 9.63. The van der Waals surface area contributed by atoms with Gasteiger partial charge in [-0.3, -0.25) is 0 Å². The molecular weight excluding hydrogens is 390 g/mol. The normalized spacial score (nSPS) is 12.6. The molecule has 2 rings (SSSR count). The highest BCUT2D eigenvalue weighted by Crippen LogP contribution is 2.26. The highest BCUT2D eigenvalue weighted by atomic mass is 79.9. The molecule has 0 saturated carbocycles. The van der Waals surface area contributed by atoms with Crippen LogP contribution < -0.4 is 5.32 Å². The Bertz CT molecular complexity index is 575. The van der Waals surface area contributed by atoms with Crippen LogP contribution in [0, 0.1) is 0 Å². The second kappa shape index (κ2) is 7.26. The molecular formula is C12H15Br2N5O.